The third kappa shape index (κ3) is 6.50. The van der Waals surface area contributed by atoms with E-state index >= 15 is 0 Å². The molecule has 0 saturated heterocycles. The number of rotatable bonds is 4. The van der Waals surface area contributed by atoms with E-state index in [0.717, 1.165) is 17.1 Å². The highest BCUT2D eigenvalue weighted by Crippen LogP contribution is 2.25. The van der Waals surface area contributed by atoms with Gasteiger partial charge in [-0.2, -0.15) is 5.10 Å². The SMILES string of the molecule is COc1ccc2c(c1)OCCNC(=O)[C@@H](NC(=O)c1ccc(-n3nc(C)cc3C)cc1)CCCCNC2=O. The summed E-state index contributed by atoms with van der Waals surface area (Å²) in [7, 11) is 1.54. The Bertz CT molecular complexity index is 1300. The molecule has 0 saturated carbocycles. The number of carbonyl (C=O) groups excluding carboxylic acids is 3. The Hall–Kier alpha value is -4.34. The lowest BCUT2D eigenvalue weighted by atomic mass is 10.1. The lowest BCUT2D eigenvalue weighted by Gasteiger charge is -2.20. The van der Waals surface area contributed by atoms with Crippen molar-refractivity contribution in [3.8, 4) is 17.2 Å². The number of nitrogens with zero attached hydrogens (tertiary/aromatic N) is 2. The number of aryl methyl sites for hydroxylation is 2. The molecule has 2 aromatic carbocycles. The second-order valence-electron chi connectivity index (χ2n) is 9.17. The largest absolute Gasteiger partial charge is 0.497 e. The maximum atomic E-state index is 13.0. The summed E-state index contributed by atoms with van der Waals surface area (Å²) < 4.78 is 12.8. The fraction of sp³-hybridized carbons (Fsp3) is 0.357. The van der Waals surface area contributed by atoms with Crippen molar-refractivity contribution >= 4 is 17.7 Å². The summed E-state index contributed by atoms with van der Waals surface area (Å²) in [6.07, 6.45) is 1.72. The maximum absolute atomic E-state index is 13.0. The van der Waals surface area contributed by atoms with E-state index in [1.54, 1.807) is 30.3 Å². The molecule has 38 heavy (non-hydrogen) atoms. The van der Waals surface area contributed by atoms with Crippen LogP contribution in [0.15, 0.2) is 48.5 Å². The molecule has 1 aliphatic heterocycles. The van der Waals surface area contributed by atoms with Crippen molar-refractivity contribution in [1.29, 1.82) is 0 Å². The number of amides is 3. The fourth-order valence-corrected chi connectivity index (χ4v) is 4.32. The molecule has 0 fully saturated rings. The average Bonchev–Trinajstić information content (AvgIpc) is 3.26. The topological polar surface area (TPSA) is 124 Å². The molecule has 1 aliphatic rings. The number of hydrogen-bond donors (Lipinski definition) is 3. The van der Waals surface area contributed by atoms with Gasteiger partial charge in [-0.25, -0.2) is 4.68 Å². The zero-order valence-electron chi connectivity index (χ0n) is 21.9. The highest BCUT2D eigenvalue weighted by Gasteiger charge is 2.22. The van der Waals surface area contributed by atoms with Crippen LogP contribution in [0.1, 0.15) is 51.4 Å². The number of nitrogens with one attached hydrogen (secondary N) is 3. The highest BCUT2D eigenvalue weighted by atomic mass is 16.5. The van der Waals surface area contributed by atoms with Crippen LogP contribution >= 0.6 is 0 Å². The molecule has 10 nitrogen and oxygen atoms in total. The van der Waals surface area contributed by atoms with E-state index in [1.165, 1.54) is 7.11 Å². The first kappa shape index (κ1) is 26.7. The number of ether oxygens (including phenoxy) is 2. The molecule has 4 rings (SSSR count). The lowest BCUT2D eigenvalue weighted by molar-refractivity contribution is -0.123. The lowest BCUT2D eigenvalue weighted by Crippen LogP contribution is -2.47. The Balaban J connectivity index is 1.41. The fourth-order valence-electron chi connectivity index (χ4n) is 4.32. The Kier molecular flexibility index (Phi) is 8.62. The van der Waals surface area contributed by atoms with Crippen molar-refractivity contribution in [3.63, 3.8) is 0 Å². The first-order valence-corrected chi connectivity index (χ1v) is 12.7. The smallest absolute Gasteiger partial charge is 0.255 e. The van der Waals surface area contributed by atoms with Crippen LogP contribution in [0, 0.1) is 13.8 Å². The Morgan fingerprint density at radius 1 is 1.05 bits per heavy atom. The first-order chi connectivity index (χ1) is 18.4. The molecule has 0 spiro atoms. The van der Waals surface area contributed by atoms with Crippen molar-refractivity contribution in [2.45, 2.75) is 39.2 Å². The van der Waals surface area contributed by atoms with Crippen LogP contribution in [0.4, 0.5) is 0 Å². The molecule has 1 atom stereocenters. The predicted molar refractivity (Wildman–Crippen MR) is 142 cm³/mol. The number of carbonyl (C=O) groups is 3. The standard InChI is InChI=1S/C28H33N5O5/c1-18-16-19(2)33(32-18)21-9-7-20(8-10-21)26(34)31-24-6-4-5-13-29-27(35)23-12-11-22(37-3)17-25(23)38-15-14-30-28(24)36/h7-12,16-17,24H,4-6,13-15H2,1-3H3,(H,29,35)(H,30,36)(H,31,34)/t24-/m0/s1. The summed E-state index contributed by atoms with van der Waals surface area (Å²) in [5.74, 6) is 0.0803. The van der Waals surface area contributed by atoms with E-state index in [4.69, 9.17) is 9.47 Å². The van der Waals surface area contributed by atoms with Crippen LogP contribution in [0.3, 0.4) is 0 Å². The number of hydrogen-bond acceptors (Lipinski definition) is 6. The van der Waals surface area contributed by atoms with Gasteiger partial charge in [0.15, 0.2) is 0 Å². The van der Waals surface area contributed by atoms with Gasteiger partial charge in [0.1, 0.15) is 24.1 Å². The van der Waals surface area contributed by atoms with Gasteiger partial charge in [-0.3, -0.25) is 14.4 Å². The number of aromatic nitrogens is 2. The normalized spacial score (nSPS) is 16.8. The van der Waals surface area contributed by atoms with Crippen molar-refractivity contribution in [3.05, 3.63) is 71.0 Å². The molecule has 3 aromatic rings. The summed E-state index contributed by atoms with van der Waals surface area (Å²) in [4.78, 5) is 38.6. The number of methoxy groups -OCH3 is 1. The molecule has 0 bridgehead atoms. The quantitative estimate of drug-likeness (QED) is 0.487. The molecule has 1 aromatic heterocycles. The molecular formula is C28H33N5O5. The molecule has 0 radical (unpaired) electrons. The first-order valence-electron chi connectivity index (χ1n) is 12.7. The van der Waals surface area contributed by atoms with Crippen molar-refractivity contribution in [2.75, 3.05) is 26.8 Å². The van der Waals surface area contributed by atoms with Crippen LogP contribution in [0.25, 0.3) is 5.69 Å². The zero-order chi connectivity index (χ0) is 27.1. The molecule has 0 unspecified atom stereocenters. The second-order valence-corrected chi connectivity index (χ2v) is 9.17. The number of benzene rings is 2. The summed E-state index contributed by atoms with van der Waals surface area (Å²) in [6, 6.07) is 13.4. The monoisotopic (exact) mass is 519 g/mol. The van der Waals surface area contributed by atoms with Crippen molar-refractivity contribution in [1.82, 2.24) is 25.7 Å². The minimum Gasteiger partial charge on any atom is -0.497 e. The Morgan fingerprint density at radius 2 is 1.84 bits per heavy atom. The van der Waals surface area contributed by atoms with Gasteiger partial charge in [-0.1, -0.05) is 0 Å². The van der Waals surface area contributed by atoms with Gasteiger partial charge >= 0.3 is 0 Å². The van der Waals surface area contributed by atoms with E-state index in [-0.39, 0.29) is 30.9 Å². The van der Waals surface area contributed by atoms with E-state index in [0.29, 0.717) is 48.4 Å². The van der Waals surface area contributed by atoms with Gasteiger partial charge < -0.3 is 25.4 Å². The van der Waals surface area contributed by atoms with Crippen LogP contribution in [-0.4, -0.2) is 60.4 Å². The van der Waals surface area contributed by atoms with Gasteiger partial charge in [-0.15, -0.1) is 0 Å². The molecule has 3 N–H and O–H groups in total. The Morgan fingerprint density at radius 3 is 2.55 bits per heavy atom. The van der Waals surface area contributed by atoms with Crippen molar-refractivity contribution < 1.29 is 23.9 Å². The zero-order valence-corrected chi connectivity index (χ0v) is 21.9. The summed E-state index contributed by atoms with van der Waals surface area (Å²) in [5.41, 5.74) is 3.62. The maximum Gasteiger partial charge on any atom is 0.255 e. The number of fused-ring (bicyclic) bond motifs is 1. The predicted octanol–water partition coefficient (Wildman–Crippen LogP) is 2.71. The third-order valence-electron chi connectivity index (χ3n) is 6.30. The second kappa shape index (κ2) is 12.3. The van der Waals surface area contributed by atoms with Gasteiger partial charge in [0, 0.05) is 23.9 Å². The van der Waals surface area contributed by atoms with E-state index in [1.807, 2.05) is 36.7 Å². The van der Waals surface area contributed by atoms with E-state index in [9.17, 15) is 14.4 Å². The molecule has 200 valence electrons. The van der Waals surface area contributed by atoms with Crippen LogP contribution < -0.4 is 25.4 Å². The van der Waals surface area contributed by atoms with Gasteiger partial charge in [0.05, 0.1) is 30.6 Å². The van der Waals surface area contributed by atoms with Gasteiger partial charge in [0.2, 0.25) is 5.91 Å². The average molecular weight is 520 g/mol. The van der Waals surface area contributed by atoms with Crippen LogP contribution in [-0.2, 0) is 4.79 Å². The summed E-state index contributed by atoms with van der Waals surface area (Å²) in [6.45, 7) is 4.69. The molecule has 0 aliphatic carbocycles. The van der Waals surface area contributed by atoms with Crippen LogP contribution in [0.2, 0.25) is 0 Å². The van der Waals surface area contributed by atoms with E-state index in [2.05, 4.69) is 21.0 Å². The summed E-state index contributed by atoms with van der Waals surface area (Å²) >= 11 is 0. The third-order valence-corrected chi connectivity index (χ3v) is 6.30. The minimum absolute atomic E-state index is 0.146. The Labute approximate surface area is 221 Å². The molecular weight excluding hydrogens is 486 g/mol. The molecule has 10 heteroatoms. The van der Waals surface area contributed by atoms with E-state index < -0.39 is 6.04 Å². The minimum atomic E-state index is -0.718. The van der Waals surface area contributed by atoms with Gasteiger partial charge in [-0.05, 0) is 75.6 Å². The van der Waals surface area contributed by atoms with Gasteiger partial charge in [0.25, 0.3) is 11.8 Å². The highest BCUT2D eigenvalue weighted by molar-refractivity contribution is 5.98. The van der Waals surface area contributed by atoms with Crippen molar-refractivity contribution in [2.24, 2.45) is 0 Å². The molecule has 2 heterocycles. The summed E-state index contributed by atoms with van der Waals surface area (Å²) in [5, 5.41) is 13.1. The van der Waals surface area contributed by atoms with Crippen LogP contribution in [0.5, 0.6) is 11.5 Å². The molecule has 3 amide bonds.